The number of hydrogen-bond donors (Lipinski definition) is 1. The largest absolute Gasteiger partial charge is 0.483 e. The first-order valence-corrected chi connectivity index (χ1v) is 5.47. The number of rotatable bonds is 5. The second-order valence-corrected chi connectivity index (χ2v) is 2.71. The first kappa shape index (κ1) is 20.5. The zero-order valence-electron chi connectivity index (χ0n) is 11.5. The highest BCUT2D eigenvalue weighted by Gasteiger charge is 1.93. The van der Waals surface area contributed by atoms with Gasteiger partial charge in [0, 0.05) is 7.11 Å². The molecule has 0 saturated carbocycles. The van der Waals surface area contributed by atoms with Crippen molar-refractivity contribution in [3.05, 3.63) is 13.2 Å². The molecule has 0 rings (SSSR count). The molecule has 0 atom stereocenters. The molecule has 0 amide bonds. The molecular formula is C12H28N2O2. The SMILES string of the molecule is C=C.CCC.CNCC(=NCCOC)OC. The van der Waals surface area contributed by atoms with E-state index in [1.165, 1.54) is 6.42 Å². The molecule has 0 aromatic heterocycles. The van der Waals surface area contributed by atoms with Crippen LogP contribution in [0.4, 0.5) is 0 Å². The Morgan fingerprint density at radius 1 is 1.25 bits per heavy atom. The predicted molar refractivity (Wildman–Crippen MR) is 72.3 cm³/mol. The molecule has 0 heterocycles. The fourth-order valence-electron chi connectivity index (χ4n) is 0.605. The molecular weight excluding hydrogens is 204 g/mol. The lowest BCUT2D eigenvalue weighted by Crippen LogP contribution is -2.20. The van der Waals surface area contributed by atoms with E-state index >= 15 is 0 Å². The van der Waals surface area contributed by atoms with Gasteiger partial charge in [-0.05, 0) is 7.05 Å². The van der Waals surface area contributed by atoms with E-state index in [1.54, 1.807) is 14.2 Å². The van der Waals surface area contributed by atoms with Crippen molar-refractivity contribution in [1.82, 2.24) is 5.32 Å². The Labute approximate surface area is 101 Å². The van der Waals surface area contributed by atoms with Gasteiger partial charge in [0.2, 0.25) is 0 Å². The molecule has 0 saturated heterocycles. The van der Waals surface area contributed by atoms with Crippen molar-refractivity contribution in [3.63, 3.8) is 0 Å². The Balaban J connectivity index is -0.000000289. The lowest BCUT2D eigenvalue weighted by molar-refractivity contribution is 0.207. The monoisotopic (exact) mass is 232 g/mol. The average Bonchev–Trinajstić information content (AvgIpc) is 2.32. The Hall–Kier alpha value is -0.870. The van der Waals surface area contributed by atoms with Gasteiger partial charge in [0.15, 0.2) is 5.90 Å². The molecule has 0 aliphatic heterocycles. The van der Waals surface area contributed by atoms with Crippen molar-refractivity contribution >= 4 is 5.90 Å². The van der Waals surface area contributed by atoms with E-state index in [9.17, 15) is 0 Å². The zero-order chi connectivity index (χ0) is 13.2. The van der Waals surface area contributed by atoms with Crippen LogP contribution < -0.4 is 5.32 Å². The van der Waals surface area contributed by atoms with Crippen LogP contribution in [0.3, 0.4) is 0 Å². The average molecular weight is 232 g/mol. The van der Waals surface area contributed by atoms with Crippen molar-refractivity contribution in [1.29, 1.82) is 0 Å². The molecule has 0 spiro atoms. The molecule has 0 radical (unpaired) electrons. The van der Waals surface area contributed by atoms with Crippen LogP contribution in [0, 0.1) is 0 Å². The minimum Gasteiger partial charge on any atom is -0.483 e. The summed E-state index contributed by atoms with van der Waals surface area (Å²) in [4.78, 5) is 4.13. The van der Waals surface area contributed by atoms with E-state index in [0.717, 1.165) is 0 Å². The van der Waals surface area contributed by atoms with Gasteiger partial charge >= 0.3 is 0 Å². The summed E-state index contributed by atoms with van der Waals surface area (Å²) in [6.07, 6.45) is 1.25. The van der Waals surface area contributed by atoms with E-state index in [1.807, 2.05) is 7.05 Å². The van der Waals surface area contributed by atoms with E-state index in [4.69, 9.17) is 9.47 Å². The molecule has 0 fully saturated rings. The zero-order valence-corrected chi connectivity index (χ0v) is 11.5. The van der Waals surface area contributed by atoms with Gasteiger partial charge in [-0.1, -0.05) is 20.3 Å². The van der Waals surface area contributed by atoms with Gasteiger partial charge in [-0.25, -0.2) is 0 Å². The molecule has 0 unspecified atom stereocenters. The fourth-order valence-corrected chi connectivity index (χ4v) is 0.605. The molecule has 4 nitrogen and oxygen atoms in total. The number of ether oxygens (including phenoxy) is 2. The van der Waals surface area contributed by atoms with Crippen molar-refractivity contribution in [2.45, 2.75) is 20.3 Å². The first-order chi connectivity index (χ1) is 7.76. The van der Waals surface area contributed by atoms with Crippen LogP contribution in [0.25, 0.3) is 0 Å². The summed E-state index contributed by atoms with van der Waals surface area (Å²) in [6.45, 7) is 12.2. The van der Waals surface area contributed by atoms with Gasteiger partial charge in [-0.2, -0.15) is 0 Å². The van der Waals surface area contributed by atoms with E-state index in [-0.39, 0.29) is 0 Å². The van der Waals surface area contributed by atoms with Crippen LogP contribution in [0.5, 0.6) is 0 Å². The molecule has 0 aromatic rings. The maximum atomic E-state index is 4.97. The molecule has 0 aliphatic carbocycles. The van der Waals surface area contributed by atoms with Gasteiger partial charge in [-0.15, -0.1) is 13.2 Å². The quantitative estimate of drug-likeness (QED) is 0.342. The van der Waals surface area contributed by atoms with E-state index in [0.29, 0.717) is 25.6 Å². The number of likely N-dealkylation sites (N-methyl/N-ethyl adjacent to an activating group) is 1. The highest BCUT2D eigenvalue weighted by molar-refractivity contribution is 5.77. The molecule has 16 heavy (non-hydrogen) atoms. The third-order valence-electron chi connectivity index (χ3n) is 1.15. The molecule has 98 valence electrons. The summed E-state index contributed by atoms with van der Waals surface area (Å²) in [5, 5.41) is 2.95. The second kappa shape index (κ2) is 23.7. The summed E-state index contributed by atoms with van der Waals surface area (Å²) in [7, 11) is 5.12. The van der Waals surface area contributed by atoms with Crippen LogP contribution in [0.2, 0.25) is 0 Å². The lowest BCUT2D eigenvalue weighted by Gasteiger charge is -2.03. The van der Waals surface area contributed by atoms with Crippen molar-refractivity contribution in [3.8, 4) is 0 Å². The molecule has 4 heteroatoms. The summed E-state index contributed by atoms with van der Waals surface area (Å²) >= 11 is 0. The minimum atomic E-state index is 0.635. The number of aliphatic imine (C=N–C) groups is 1. The predicted octanol–water partition coefficient (Wildman–Crippen LogP) is 2.12. The number of methoxy groups -OCH3 is 2. The number of nitrogens with one attached hydrogen (secondary N) is 1. The summed E-state index contributed by atoms with van der Waals surface area (Å²) < 4.78 is 9.80. The summed E-state index contributed by atoms with van der Waals surface area (Å²) in [5.74, 6) is 0.713. The molecule has 1 N–H and O–H groups in total. The third-order valence-corrected chi connectivity index (χ3v) is 1.15. The lowest BCUT2D eigenvalue weighted by atomic mass is 10.6. The van der Waals surface area contributed by atoms with Crippen LogP contribution in [0.15, 0.2) is 18.2 Å². The highest BCUT2D eigenvalue weighted by atomic mass is 16.5. The number of hydrogen-bond acceptors (Lipinski definition) is 4. The Morgan fingerprint density at radius 2 is 1.75 bits per heavy atom. The normalized spacial score (nSPS) is 9.44. The third kappa shape index (κ3) is 23.2. The van der Waals surface area contributed by atoms with Gasteiger partial charge in [0.05, 0.1) is 26.8 Å². The van der Waals surface area contributed by atoms with Crippen molar-refractivity contribution < 1.29 is 9.47 Å². The summed E-state index contributed by atoms with van der Waals surface area (Å²) in [5.41, 5.74) is 0. The van der Waals surface area contributed by atoms with E-state index < -0.39 is 0 Å². The van der Waals surface area contributed by atoms with Gasteiger partial charge in [0.25, 0.3) is 0 Å². The molecule has 0 aromatic carbocycles. The fraction of sp³-hybridized carbons (Fsp3) is 0.750. The Morgan fingerprint density at radius 3 is 2.06 bits per heavy atom. The molecule has 0 bridgehead atoms. The maximum Gasteiger partial charge on any atom is 0.197 e. The highest BCUT2D eigenvalue weighted by Crippen LogP contribution is 1.79. The Bertz CT molecular complexity index is 139. The number of nitrogens with zero attached hydrogens (tertiary/aromatic N) is 1. The smallest absolute Gasteiger partial charge is 0.197 e. The minimum absolute atomic E-state index is 0.635. The van der Waals surface area contributed by atoms with Crippen LogP contribution in [0.1, 0.15) is 20.3 Å². The first-order valence-electron chi connectivity index (χ1n) is 5.47. The maximum absolute atomic E-state index is 4.97. The summed E-state index contributed by atoms with van der Waals surface area (Å²) in [6, 6.07) is 0. The van der Waals surface area contributed by atoms with Crippen LogP contribution in [-0.4, -0.2) is 46.9 Å². The molecule has 0 aliphatic rings. The van der Waals surface area contributed by atoms with Gasteiger partial charge in [0.1, 0.15) is 0 Å². The Kier molecular flexibility index (Phi) is 30.5. The van der Waals surface area contributed by atoms with Crippen molar-refractivity contribution in [2.75, 3.05) is 41.0 Å². The van der Waals surface area contributed by atoms with Crippen LogP contribution in [-0.2, 0) is 9.47 Å². The van der Waals surface area contributed by atoms with Gasteiger partial charge < -0.3 is 14.8 Å². The second-order valence-electron chi connectivity index (χ2n) is 2.71. The van der Waals surface area contributed by atoms with Crippen LogP contribution >= 0.6 is 0 Å². The van der Waals surface area contributed by atoms with E-state index in [2.05, 4.69) is 37.3 Å². The van der Waals surface area contributed by atoms with Crippen molar-refractivity contribution in [2.24, 2.45) is 4.99 Å². The van der Waals surface area contributed by atoms with Gasteiger partial charge in [-0.3, -0.25) is 4.99 Å². The standard InChI is InChI=1S/C7H16N2O2.C3H8.C2H4/c1-8-6-7(11-3)9-4-5-10-2;1-3-2;1-2/h8H,4-6H2,1-3H3;3H2,1-2H3;1-2H2. The topological polar surface area (TPSA) is 42.9 Å².